The molecule has 1 aromatic rings. The lowest BCUT2D eigenvalue weighted by Crippen LogP contribution is -2.34. The van der Waals surface area contributed by atoms with Gasteiger partial charge in [0.15, 0.2) is 18.1 Å². The van der Waals surface area contributed by atoms with Gasteiger partial charge in [-0.25, -0.2) is 4.79 Å². The fourth-order valence-electron chi connectivity index (χ4n) is 2.45. The van der Waals surface area contributed by atoms with Crippen molar-refractivity contribution in [1.82, 2.24) is 5.32 Å². The molecule has 0 unspecified atom stereocenters. The fraction of sp³-hybridized carbons (Fsp3) is 0.529. The highest BCUT2D eigenvalue weighted by atomic mass is 79.9. The molecule has 1 aliphatic heterocycles. The smallest absolute Gasteiger partial charge is 0.338 e. The van der Waals surface area contributed by atoms with Crippen LogP contribution >= 0.6 is 15.9 Å². The fourth-order valence-corrected chi connectivity index (χ4v) is 3.05. The summed E-state index contributed by atoms with van der Waals surface area (Å²) in [5.74, 6) is -0.0557. The van der Waals surface area contributed by atoms with Crippen LogP contribution in [0.4, 0.5) is 0 Å². The molecule has 138 valence electrons. The van der Waals surface area contributed by atoms with E-state index in [0.29, 0.717) is 29.1 Å². The topological polar surface area (TPSA) is 83.1 Å². The Morgan fingerprint density at radius 1 is 1.40 bits per heavy atom. The van der Waals surface area contributed by atoms with E-state index in [4.69, 9.17) is 18.9 Å². The summed E-state index contributed by atoms with van der Waals surface area (Å²) in [6, 6.07) is 3.09. The maximum absolute atomic E-state index is 12.2. The molecule has 2 rings (SSSR count). The predicted molar refractivity (Wildman–Crippen MR) is 94.1 cm³/mol. The minimum atomic E-state index is -0.614. The second-order valence-electron chi connectivity index (χ2n) is 5.44. The summed E-state index contributed by atoms with van der Waals surface area (Å²) in [6.45, 7) is 3.06. The Bertz CT molecular complexity index is 615. The van der Waals surface area contributed by atoms with E-state index < -0.39 is 5.97 Å². The zero-order chi connectivity index (χ0) is 18.2. The van der Waals surface area contributed by atoms with E-state index in [9.17, 15) is 9.59 Å². The highest BCUT2D eigenvalue weighted by Crippen LogP contribution is 2.36. The van der Waals surface area contributed by atoms with Gasteiger partial charge in [-0.05, 0) is 47.8 Å². The van der Waals surface area contributed by atoms with Crippen molar-refractivity contribution in [2.45, 2.75) is 25.9 Å². The van der Waals surface area contributed by atoms with E-state index in [1.54, 1.807) is 6.07 Å². The van der Waals surface area contributed by atoms with Crippen molar-refractivity contribution >= 4 is 27.8 Å². The first-order chi connectivity index (χ1) is 12.0. The zero-order valence-corrected chi connectivity index (χ0v) is 15.9. The molecule has 1 aliphatic rings. The van der Waals surface area contributed by atoms with Crippen molar-refractivity contribution in [2.24, 2.45) is 0 Å². The Labute approximate surface area is 155 Å². The first kappa shape index (κ1) is 19.5. The third kappa shape index (κ3) is 5.61. The summed E-state index contributed by atoms with van der Waals surface area (Å²) in [7, 11) is 1.51. The van der Waals surface area contributed by atoms with E-state index in [-0.39, 0.29) is 24.2 Å². The molecule has 1 saturated heterocycles. The van der Waals surface area contributed by atoms with Gasteiger partial charge in [-0.3, -0.25) is 4.79 Å². The number of hydrogen-bond acceptors (Lipinski definition) is 6. The van der Waals surface area contributed by atoms with Crippen LogP contribution in [0.5, 0.6) is 11.5 Å². The third-order valence-electron chi connectivity index (χ3n) is 3.63. The summed E-state index contributed by atoms with van der Waals surface area (Å²) in [4.78, 5) is 23.9. The van der Waals surface area contributed by atoms with Crippen molar-refractivity contribution in [3.63, 3.8) is 0 Å². The molecule has 1 atom stereocenters. The number of halogens is 1. The number of methoxy groups -OCH3 is 1. The molecule has 0 aliphatic carbocycles. The molecule has 1 heterocycles. The molecule has 1 aromatic carbocycles. The Hall–Kier alpha value is -1.80. The molecule has 7 nitrogen and oxygen atoms in total. The molecule has 8 heteroatoms. The van der Waals surface area contributed by atoms with Crippen LogP contribution in [0.25, 0.3) is 0 Å². The average Bonchev–Trinajstić information content (AvgIpc) is 3.11. The number of benzene rings is 1. The van der Waals surface area contributed by atoms with Gasteiger partial charge in [0.2, 0.25) is 0 Å². The molecule has 0 spiro atoms. The van der Waals surface area contributed by atoms with E-state index in [1.807, 2.05) is 6.92 Å². The van der Waals surface area contributed by atoms with E-state index in [1.165, 1.54) is 13.2 Å². The molecule has 1 amide bonds. The van der Waals surface area contributed by atoms with Gasteiger partial charge in [0.1, 0.15) is 0 Å². The zero-order valence-electron chi connectivity index (χ0n) is 14.3. The molecule has 0 radical (unpaired) electrons. The number of esters is 1. The SMILES string of the molecule is CCOc1cc(C(=O)OCC(=O)NC[C@@H]2CCCO2)cc(Br)c1OC. The van der Waals surface area contributed by atoms with E-state index in [2.05, 4.69) is 21.2 Å². The quantitative estimate of drug-likeness (QED) is 0.655. The second-order valence-corrected chi connectivity index (χ2v) is 6.29. The Morgan fingerprint density at radius 3 is 2.84 bits per heavy atom. The third-order valence-corrected chi connectivity index (χ3v) is 4.22. The summed E-state index contributed by atoms with van der Waals surface area (Å²) >= 11 is 3.33. The Balaban J connectivity index is 1.90. The van der Waals surface area contributed by atoms with Gasteiger partial charge in [-0.15, -0.1) is 0 Å². The first-order valence-corrected chi connectivity index (χ1v) is 8.90. The summed E-state index contributed by atoms with van der Waals surface area (Å²) < 4.78 is 21.7. The molecule has 25 heavy (non-hydrogen) atoms. The van der Waals surface area contributed by atoms with Crippen LogP contribution in [-0.2, 0) is 14.3 Å². The average molecular weight is 416 g/mol. The largest absolute Gasteiger partial charge is 0.492 e. The van der Waals surface area contributed by atoms with E-state index in [0.717, 1.165) is 19.4 Å². The van der Waals surface area contributed by atoms with Gasteiger partial charge in [-0.1, -0.05) is 0 Å². The number of hydrogen-bond donors (Lipinski definition) is 1. The lowest BCUT2D eigenvalue weighted by atomic mass is 10.2. The van der Waals surface area contributed by atoms with Crippen molar-refractivity contribution in [2.75, 3.05) is 33.5 Å². The molecule has 0 saturated carbocycles. The number of amides is 1. The van der Waals surface area contributed by atoms with Crippen LogP contribution in [0, 0.1) is 0 Å². The van der Waals surface area contributed by atoms with Crippen LogP contribution < -0.4 is 14.8 Å². The minimum Gasteiger partial charge on any atom is -0.492 e. The van der Waals surface area contributed by atoms with Crippen molar-refractivity contribution in [3.8, 4) is 11.5 Å². The number of carbonyl (C=O) groups excluding carboxylic acids is 2. The van der Waals surface area contributed by atoms with Crippen LogP contribution in [0.2, 0.25) is 0 Å². The van der Waals surface area contributed by atoms with Gasteiger partial charge >= 0.3 is 5.97 Å². The molecule has 1 fully saturated rings. The molecular weight excluding hydrogens is 394 g/mol. The van der Waals surface area contributed by atoms with Gasteiger partial charge in [0.05, 0.1) is 29.9 Å². The van der Waals surface area contributed by atoms with Crippen molar-refractivity contribution in [3.05, 3.63) is 22.2 Å². The first-order valence-electron chi connectivity index (χ1n) is 8.10. The number of nitrogens with one attached hydrogen (secondary N) is 1. The van der Waals surface area contributed by atoms with Crippen molar-refractivity contribution in [1.29, 1.82) is 0 Å². The lowest BCUT2D eigenvalue weighted by molar-refractivity contribution is -0.124. The molecule has 0 aromatic heterocycles. The number of rotatable bonds is 8. The van der Waals surface area contributed by atoms with Gasteiger partial charge < -0.3 is 24.3 Å². The van der Waals surface area contributed by atoms with Crippen LogP contribution in [0.3, 0.4) is 0 Å². The second kappa shape index (κ2) is 9.62. The number of carbonyl (C=O) groups is 2. The van der Waals surface area contributed by atoms with Gasteiger partial charge in [-0.2, -0.15) is 0 Å². The monoisotopic (exact) mass is 415 g/mol. The Morgan fingerprint density at radius 2 is 2.20 bits per heavy atom. The van der Waals surface area contributed by atoms with Crippen LogP contribution in [-0.4, -0.2) is 51.5 Å². The minimum absolute atomic E-state index is 0.0472. The normalized spacial score (nSPS) is 16.4. The van der Waals surface area contributed by atoms with Gasteiger partial charge in [0.25, 0.3) is 5.91 Å². The standard InChI is InChI=1S/C17H22BrNO6/c1-3-23-14-8-11(7-13(18)16(14)22-2)17(21)25-10-15(20)19-9-12-5-4-6-24-12/h7-8,12H,3-6,9-10H2,1-2H3,(H,19,20)/t12-/m0/s1. The highest BCUT2D eigenvalue weighted by molar-refractivity contribution is 9.10. The highest BCUT2D eigenvalue weighted by Gasteiger charge is 2.19. The molecule has 1 N–H and O–H groups in total. The molecule has 0 bridgehead atoms. The lowest BCUT2D eigenvalue weighted by Gasteiger charge is -2.13. The maximum atomic E-state index is 12.2. The van der Waals surface area contributed by atoms with Crippen LogP contribution in [0.1, 0.15) is 30.1 Å². The number of ether oxygens (including phenoxy) is 4. The summed E-state index contributed by atoms with van der Waals surface area (Å²) in [5.41, 5.74) is 0.267. The van der Waals surface area contributed by atoms with Crippen LogP contribution in [0.15, 0.2) is 16.6 Å². The Kier molecular flexibility index (Phi) is 7.52. The maximum Gasteiger partial charge on any atom is 0.338 e. The molecular formula is C17H22BrNO6. The van der Waals surface area contributed by atoms with Crippen molar-refractivity contribution < 1.29 is 28.5 Å². The van der Waals surface area contributed by atoms with Gasteiger partial charge in [0, 0.05) is 13.2 Å². The summed E-state index contributed by atoms with van der Waals surface area (Å²) in [5, 5.41) is 2.70. The predicted octanol–water partition coefficient (Wildman–Crippen LogP) is 2.31. The summed E-state index contributed by atoms with van der Waals surface area (Å²) in [6.07, 6.45) is 1.98. The van der Waals surface area contributed by atoms with E-state index >= 15 is 0 Å².